The van der Waals surface area contributed by atoms with E-state index in [-0.39, 0.29) is 24.0 Å². The number of benzene rings is 1. The summed E-state index contributed by atoms with van der Waals surface area (Å²) >= 11 is 0. The number of ether oxygens (including phenoxy) is 1. The van der Waals surface area contributed by atoms with Gasteiger partial charge in [-0.2, -0.15) is 0 Å². The summed E-state index contributed by atoms with van der Waals surface area (Å²) in [7, 11) is -3.55. The zero-order valence-corrected chi connectivity index (χ0v) is 11.7. The predicted molar refractivity (Wildman–Crippen MR) is 73.4 cm³/mol. The van der Waals surface area contributed by atoms with Crippen molar-refractivity contribution < 1.29 is 17.9 Å². The number of fused-ring (bicyclic) bond motifs is 1. The number of carbonyl (C=O) groups is 1. The van der Waals surface area contributed by atoms with Gasteiger partial charge in [-0.25, -0.2) is 13.6 Å². The van der Waals surface area contributed by atoms with Crippen molar-refractivity contribution in [2.24, 2.45) is 11.1 Å². The first-order chi connectivity index (χ1) is 9.42. The van der Waals surface area contributed by atoms with Gasteiger partial charge in [-0.05, 0) is 23.3 Å². The van der Waals surface area contributed by atoms with Gasteiger partial charge >= 0.3 is 0 Å². The maximum atomic E-state index is 12.0. The van der Waals surface area contributed by atoms with E-state index in [9.17, 15) is 13.2 Å². The summed E-state index contributed by atoms with van der Waals surface area (Å²) < 4.78 is 27.6. The molecule has 2 N–H and O–H groups in total. The molecule has 0 aromatic heterocycles. The molecule has 1 fully saturated rings. The van der Waals surface area contributed by atoms with Crippen molar-refractivity contribution >= 4 is 21.6 Å². The number of anilines is 1. The minimum Gasteiger partial charge on any atom is -0.372 e. The molecule has 0 saturated carbocycles. The Kier molecular flexibility index (Phi) is 3.27. The van der Waals surface area contributed by atoms with E-state index < -0.39 is 10.0 Å². The molecule has 2 heterocycles. The highest BCUT2D eigenvalue weighted by atomic mass is 32.2. The standard InChI is InChI=1S/C13H16N2O4S/c14-20(17,18)8-9-3-13(16)15(5-9)12-2-1-10-6-19-7-11(10)4-12/h1-2,4,9H,3,5-8H2,(H2,14,17,18). The molecule has 6 nitrogen and oxygen atoms in total. The molecule has 1 atom stereocenters. The monoisotopic (exact) mass is 296 g/mol. The minimum absolute atomic E-state index is 0.0579. The minimum atomic E-state index is -3.55. The van der Waals surface area contributed by atoms with E-state index in [0.717, 1.165) is 16.8 Å². The molecule has 1 amide bonds. The summed E-state index contributed by atoms with van der Waals surface area (Å²) in [6, 6.07) is 5.78. The second kappa shape index (κ2) is 4.83. The Morgan fingerprint density at radius 2 is 2.05 bits per heavy atom. The summed E-state index contributed by atoms with van der Waals surface area (Å²) in [6.45, 7) is 1.57. The molecule has 1 aromatic carbocycles. The summed E-state index contributed by atoms with van der Waals surface area (Å²) in [4.78, 5) is 13.7. The quantitative estimate of drug-likeness (QED) is 0.872. The number of primary sulfonamides is 1. The van der Waals surface area contributed by atoms with Gasteiger partial charge in [0.15, 0.2) is 0 Å². The molecule has 2 aliphatic rings. The van der Waals surface area contributed by atoms with E-state index in [1.807, 2.05) is 18.2 Å². The number of carbonyl (C=O) groups excluding carboxylic acids is 1. The normalized spacial score (nSPS) is 22.4. The molecule has 7 heteroatoms. The Balaban J connectivity index is 1.79. The highest BCUT2D eigenvalue weighted by Gasteiger charge is 2.33. The third-order valence-electron chi connectivity index (χ3n) is 3.69. The van der Waals surface area contributed by atoms with Crippen LogP contribution in [0.2, 0.25) is 0 Å². The lowest BCUT2D eigenvalue weighted by Crippen LogP contribution is -2.27. The molecular formula is C13H16N2O4S. The number of hydrogen-bond donors (Lipinski definition) is 1. The molecular weight excluding hydrogens is 280 g/mol. The largest absolute Gasteiger partial charge is 0.372 e. The van der Waals surface area contributed by atoms with E-state index in [1.54, 1.807) is 4.90 Å². The topological polar surface area (TPSA) is 89.7 Å². The number of hydrogen-bond acceptors (Lipinski definition) is 4. The third-order valence-corrected chi connectivity index (χ3v) is 4.63. The fourth-order valence-electron chi connectivity index (χ4n) is 2.80. The maximum absolute atomic E-state index is 12.0. The molecule has 1 saturated heterocycles. The van der Waals surface area contributed by atoms with Crippen LogP contribution in [0.3, 0.4) is 0 Å². The maximum Gasteiger partial charge on any atom is 0.227 e. The smallest absolute Gasteiger partial charge is 0.227 e. The molecule has 2 aliphatic heterocycles. The lowest BCUT2D eigenvalue weighted by Gasteiger charge is -2.17. The number of nitrogens with two attached hydrogens (primary N) is 1. The first kappa shape index (κ1) is 13.5. The summed E-state index contributed by atoms with van der Waals surface area (Å²) in [5.74, 6) is -0.442. The zero-order chi connectivity index (χ0) is 14.3. The lowest BCUT2D eigenvalue weighted by molar-refractivity contribution is -0.117. The van der Waals surface area contributed by atoms with Crippen molar-refractivity contribution in [3.05, 3.63) is 29.3 Å². The number of nitrogens with zero attached hydrogens (tertiary/aromatic N) is 1. The van der Waals surface area contributed by atoms with Gasteiger partial charge in [0.2, 0.25) is 15.9 Å². The van der Waals surface area contributed by atoms with Crippen molar-refractivity contribution in [2.45, 2.75) is 19.6 Å². The highest BCUT2D eigenvalue weighted by molar-refractivity contribution is 7.89. The van der Waals surface area contributed by atoms with E-state index >= 15 is 0 Å². The second-order valence-electron chi connectivity index (χ2n) is 5.35. The molecule has 1 aromatic rings. The average Bonchev–Trinajstić information content (AvgIpc) is 2.92. The third kappa shape index (κ3) is 2.70. The predicted octanol–water partition coefficient (Wildman–Crippen LogP) is 0.358. The fourth-order valence-corrected chi connectivity index (χ4v) is 3.68. The van der Waals surface area contributed by atoms with Crippen molar-refractivity contribution in [2.75, 3.05) is 17.2 Å². The fraction of sp³-hybridized carbons (Fsp3) is 0.462. The first-order valence-electron chi connectivity index (χ1n) is 6.43. The zero-order valence-electron chi connectivity index (χ0n) is 10.9. The van der Waals surface area contributed by atoms with Crippen LogP contribution in [-0.4, -0.2) is 26.6 Å². The molecule has 0 aliphatic carbocycles. The van der Waals surface area contributed by atoms with Crippen LogP contribution >= 0.6 is 0 Å². The number of sulfonamides is 1. The van der Waals surface area contributed by atoms with Crippen molar-refractivity contribution in [1.29, 1.82) is 0 Å². The van der Waals surface area contributed by atoms with Crippen LogP contribution in [0.25, 0.3) is 0 Å². The molecule has 0 spiro atoms. The summed E-state index contributed by atoms with van der Waals surface area (Å²) in [6.07, 6.45) is 0.226. The van der Waals surface area contributed by atoms with Crippen LogP contribution in [0, 0.1) is 5.92 Å². The van der Waals surface area contributed by atoms with Crippen LogP contribution in [0.5, 0.6) is 0 Å². The van der Waals surface area contributed by atoms with Crippen molar-refractivity contribution in [3.63, 3.8) is 0 Å². The number of amides is 1. The Morgan fingerprint density at radius 3 is 2.80 bits per heavy atom. The molecule has 0 bridgehead atoms. The Hall–Kier alpha value is -1.44. The van der Waals surface area contributed by atoms with E-state index in [2.05, 4.69) is 0 Å². The van der Waals surface area contributed by atoms with E-state index in [4.69, 9.17) is 9.88 Å². The summed E-state index contributed by atoms with van der Waals surface area (Å²) in [5.41, 5.74) is 3.03. The van der Waals surface area contributed by atoms with Gasteiger partial charge < -0.3 is 9.64 Å². The Bertz CT molecular complexity index is 656. The van der Waals surface area contributed by atoms with Crippen LogP contribution in [0.1, 0.15) is 17.5 Å². The van der Waals surface area contributed by atoms with E-state index in [0.29, 0.717) is 19.8 Å². The molecule has 1 unspecified atom stereocenters. The van der Waals surface area contributed by atoms with Gasteiger partial charge in [0, 0.05) is 24.6 Å². The van der Waals surface area contributed by atoms with Gasteiger partial charge in [0.05, 0.1) is 19.0 Å². The van der Waals surface area contributed by atoms with Gasteiger partial charge in [0.1, 0.15) is 0 Å². The lowest BCUT2D eigenvalue weighted by atomic mass is 10.1. The average molecular weight is 296 g/mol. The Labute approximate surface area is 117 Å². The van der Waals surface area contributed by atoms with Crippen molar-refractivity contribution in [3.8, 4) is 0 Å². The van der Waals surface area contributed by atoms with Crippen LogP contribution in [0.15, 0.2) is 18.2 Å². The van der Waals surface area contributed by atoms with Gasteiger partial charge in [0.25, 0.3) is 0 Å². The second-order valence-corrected chi connectivity index (χ2v) is 7.01. The number of rotatable bonds is 3. The van der Waals surface area contributed by atoms with E-state index in [1.165, 1.54) is 0 Å². The first-order valence-corrected chi connectivity index (χ1v) is 8.14. The highest BCUT2D eigenvalue weighted by Crippen LogP contribution is 2.30. The van der Waals surface area contributed by atoms with Gasteiger partial charge in [-0.15, -0.1) is 0 Å². The van der Waals surface area contributed by atoms with Crippen LogP contribution < -0.4 is 10.0 Å². The molecule has 20 heavy (non-hydrogen) atoms. The van der Waals surface area contributed by atoms with Crippen molar-refractivity contribution in [1.82, 2.24) is 0 Å². The van der Waals surface area contributed by atoms with Gasteiger partial charge in [-0.1, -0.05) is 6.07 Å². The molecule has 3 rings (SSSR count). The summed E-state index contributed by atoms with van der Waals surface area (Å²) in [5, 5.41) is 5.04. The Morgan fingerprint density at radius 1 is 1.30 bits per heavy atom. The molecule has 108 valence electrons. The van der Waals surface area contributed by atoms with Gasteiger partial charge in [-0.3, -0.25) is 4.79 Å². The SMILES string of the molecule is NS(=O)(=O)CC1CC(=O)N(c2ccc3c(c2)COC3)C1. The van der Waals surface area contributed by atoms with Crippen LogP contribution in [-0.2, 0) is 32.8 Å². The molecule has 0 radical (unpaired) electrons. The van der Waals surface area contributed by atoms with Crippen LogP contribution in [0.4, 0.5) is 5.69 Å².